The van der Waals surface area contributed by atoms with Crippen molar-refractivity contribution in [2.75, 3.05) is 4.90 Å². The fourth-order valence-corrected chi connectivity index (χ4v) is 3.03. The molecule has 4 heteroatoms. The van der Waals surface area contributed by atoms with Crippen molar-refractivity contribution >= 4 is 17.0 Å². The van der Waals surface area contributed by atoms with Gasteiger partial charge in [0.1, 0.15) is 5.82 Å². The van der Waals surface area contributed by atoms with Gasteiger partial charge in [0.15, 0.2) is 0 Å². The Kier molecular flexibility index (Phi) is 3.53. The van der Waals surface area contributed by atoms with Crippen molar-refractivity contribution in [1.82, 2.24) is 0 Å². The van der Waals surface area contributed by atoms with Crippen LogP contribution in [0, 0.1) is 5.82 Å². The summed E-state index contributed by atoms with van der Waals surface area (Å²) >= 11 is 1.65. The smallest absolute Gasteiger partial charge is 0.146 e. The minimum atomic E-state index is -0.242. The second-order valence-electron chi connectivity index (χ2n) is 4.90. The highest BCUT2D eigenvalue weighted by Gasteiger charge is 2.32. The highest BCUT2D eigenvalue weighted by atomic mass is 32.1. The van der Waals surface area contributed by atoms with E-state index in [1.165, 1.54) is 11.6 Å². The molecule has 0 saturated heterocycles. The first-order valence-corrected chi connectivity index (χ1v) is 7.40. The molecular formula is C15H16FNOS. The van der Waals surface area contributed by atoms with Crippen LogP contribution < -0.4 is 4.90 Å². The number of anilines is 1. The van der Waals surface area contributed by atoms with Crippen LogP contribution in [0.1, 0.15) is 24.0 Å². The van der Waals surface area contributed by atoms with Crippen LogP contribution in [0.5, 0.6) is 0 Å². The quantitative estimate of drug-likeness (QED) is 0.903. The van der Waals surface area contributed by atoms with E-state index in [-0.39, 0.29) is 12.4 Å². The lowest BCUT2D eigenvalue weighted by Crippen LogP contribution is -2.27. The van der Waals surface area contributed by atoms with Gasteiger partial charge in [0, 0.05) is 18.2 Å². The number of thiophene rings is 1. The standard InChI is InChI=1S/C15H16FNOS/c16-14-3-1-2-12(9-18)15(14)17(13-4-5-13)8-11-6-7-19-10-11/h1-3,6-7,10,13,18H,4-5,8-9H2. The van der Waals surface area contributed by atoms with E-state index >= 15 is 0 Å². The minimum absolute atomic E-state index is 0.125. The monoisotopic (exact) mass is 277 g/mol. The summed E-state index contributed by atoms with van der Waals surface area (Å²) in [6, 6.07) is 7.39. The fourth-order valence-electron chi connectivity index (χ4n) is 2.37. The third-order valence-corrected chi connectivity index (χ3v) is 4.18. The van der Waals surface area contributed by atoms with E-state index in [0.29, 0.717) is 23.8 Å². The molecule has 19 heavy (non-hydrogen) atoms. The van der Waals surface area contributed by atoms with E-state index in [1.54, 1.807) is 23.5 Å². The summed E-state index contributed by atoms with van der Waals surface area (Å²) in [5.41, 5.74) is 2.44. The lowest BCUT2D eigenvalue weighted by atomic mass is 10.1. The topological polar surface area (TPSA) is 23.5 Å². The number of para-hydroxylation sites is 1. The fraction of sp³-hybridized carbons (Fsp3) is 0.333. The lowest BCUT2D eigenvalue weighted by Gasteiger charge is -2.27. The Balaban J connectivity index is 1.96. The number of hydrogen-bond acceptors (Lipinski definition) is 3. The Morgan fingerprint density at radius 3 is 2.79 bits per heavy atom. The summed E-state index contributed by atoms with van der Waals surface area (Å²) in [5.74, 6) is -0.242. The molecular weight excluding hydrogens is 261 g/mol. The highest BCUT2D eigenvalue weighted by Crippen LogP contribution is 2.36. The molecule has 0 unspecified atom stereocenters. The first kappa shape index (κ1) is 12.6. The van der Waals surface area contributed by atoms with Crippen molar-refractivity contribution in [2.24, 2.45) is 0 Å². The van der Waals surface area contributed by atoms with Gasteiger partial charge < -0.3 is 10.0 Å². The predicted octanol–water partition coefficient (Wildman–Crippen LogP) is 3.55. The molecule has 0 atom stereocenters. The van der Waals surface area contributed by atoms with Crippen molar-refractivity contribution in [2.45, 2.75) is 32.0 Å². The maximum atomic E-state index is 14.2. The second kappa shape index (κ2) is 5.31. The van der Waals surface area contributed by atoms with Gasteiger partial charge in [-0.3, -0.25) is 0 Å². The third kappa shape index (κ3) is 2.65. The van der Waals surface area contributed by atoms with Gasteiger partial charge >= 0.3 is 0 Å². The van der Waals surface area contributed by atoms with Crippen LogP contribution >= 0.6 is 11.3 Å². The van der Waals surface area contributed by atoms with Gasteiger partial charge in [0.05, 0.1) is 12.3 Å². The summed E-state index contributed by atoms with van der Waals surface area (Å²) in [7, 11) is 0. The van der Waals surface area contributed by atoms with E-state index in [1.807, 2.05) is 5.38 Å². The van der Waals surface area contributed by atoms with Crippen LogP contribution in [0.15, 0.2) is 35.0 Å². The Labute approximate surface area is 116 Å². The summed E-state index contributed by atoms with van der Waals surface area (Å²) < 4.78 is 14.2. The van der Waals surface area contributed by atoms with Crippen molar-refractivity contribution in [3.05, 3.63) is 52.0 Å². The molecule has 100 valence electrons. The molecule has 1 aromatic carbocycles. The summed E-state index contributed by atoms with van der Waals surface area (Å²) in [5, 5.41) is 13.6. The first-order valence-electron chi connectivity index (χ1n) is 6.45. The number of aliphatic hydroxyl groups is 1. The minimum Gasteiger partial charge on any atom is -0.392 e. The largest absolute Gasteiger partial charge is 0.392 e. The number of nitrogens with zero attached hydrogens (tertiary/aromatic N) is 1. The van der Waals surface area contributed by atoms with Gasteiger partial charge in [0.25, 0.3) is 0 Å². The van der Waals surface area contributed by atoms with Crippen LogP contribution in [-0.4, -0.2) is 11.1 Å². The molecule has 2 aromatic rings. The normalized spacial score (nSPS) is 14.6. The molecule has 0 amide bonds. The average molecular weight is 277 g/mol. The maximum absolute atomic E-state index is 14.2. The summed E-state index contributed by atoms with van der Waals surface area (Å²) in [4.78, 5) is 2.10. The van der Waals surface area contributed by atoms with Crippen LogP contribution in [0.2, 0.25) is 0 Å². The van der Waals surface area contributed by atoms with E-state index in [0.717, 1.165) is 12.8 Å². The molecule has 1 saturated carbocycles. The molecule has 1 aliphatic carbocycles. The first-order chi connectivity index (χ1) is 9.29. The molecule has 1 N–H and O–H groups in total. The Morgan fingerprint density at radius 2 is 2.16 bits per heavy atom. The Morgan fingerprint density at radius 1 is 1.32 bits per heavy atom. The molecule has 3 rings (SSSR count). The zero-order valence-electron chi connectivity index (χ0n) is 10.6. The van der Waals surface area contributed by atoms with Crippen LogP contribution in [0.4, 0.5) is 10.1 Å². The second-order valence-corrected chi connectivity index (χ2v) is 5.68. The molecule has 1 fully saturated rings. The van der Waals surface area contributed by atoms with Gasteiger partial charge in [-0.1, -0.05) is 12.1 Å². The Bertz CT molecular complexity index is 551. The number of hydrogen-bond donors (Lipinski definition) is 1. The van der Waals surface area contributed by atoms with E-state index in [4.69, 9.17) is 0 Å². The zero-order valence-corrected chi connectivity index (χ0v) is 11.4. The molecule has 1 aliphatic rings. The predicted molar refractivity (Wildman–Crippen MR) is 75.8 cm³/mol. The van der Waals surface area contributed by atoms with Gasteiger partial charge in [-0.15, -0.1) is 0 Å². The molecule has 1 aromatic heterocycles. The Hall–Kier alpha value is -1.39. The van der Waals surface area contributed by atoms with Gasteiger partial charge in [-0.2, -0.15) is 11.3 Å². The molecule has 1 heterocycles. The molecule has 0 bridgehead atoms. The molecule has 0 radical (unpaired) electrons. The lowest BCUT2D eigenvalue weighted by molar-refractivity contribution is 0.281. The van der Waals surface area contributed by atoms with Gasteiger partial charge in [-0.05, 0) is 41.3 Å². The molecule has 2 nitrogen and oxygen atoms in total. The average Bonchev–Trinajstić information content (AvgIpc) is 3.14. The van der Waals surface area contributed by atoms with E-state index in [9.17, 15) is 9.50 Å². The zero-order chi connectivity index (χ0) is 13.2. The van der Waals surface area contributed by atoms with Crippen LogP contribution in [0.25, 0.3) is 0 Å². The number of aliphatic hydroxyl groups excluding tert-OH is 1. The van der Waals surface area contributed by atoms with E-state index < -0.39 is 0 Å². The number of benzene rings is 1. The van der Waals surface area contributed by atoms with Crippen molar-refractivity contribution in [3.63, 3.8) is 0 Å². The summed E-state index contributed by atoms with van der Waals surface area (Å²) in [6.07, 6.45) is 2.20. The maximum Gasteiger partial charge on any atom is 0.146 e. The molecule has 0 aliphatic heterocycles. The van der Waals surface area contributed by atoms with Crippen molar-refractivity contribution < 1.29 is 9.50 Å². The van der Waals surface area contributed by atoms with Crippen molar-refractivity contribution in [3.8, 4) is 0 Å². The van der Waals surface area contributed by atoms with Crippen LogP contribution in [0.3, 0.4) is 0 Å². The SMILES string of the molecule is OCc1cccc(F)c1N(Cc1ccsc1)C1CC1. The van der Waals surface area contributed by atoms with Gasteiger partial charge in [-0.25, -0.2) is 4.39 Å². The third-order valence-electron chi connectivity index (χ3n) is 3.45. The van der Waals surface area contributed by atoms with E-state index in [2.05, 4.69) is 16.3 Å². The van der Waals surface area contributed by atoms with Crippen LogP contribution in [-0.2, 0) is 13.2 Å². The molecule has 0 spiro atoms. The number of rotatable bonds is 5. The van der Waals surface area contributed by atoms with Gasteiger partial charge in [0.2, 0.25) is 0 Å². The van der Waals surface area contributed by atoms with Crippen molar-refractivity contribution in [1.29, 1.82) is 0 Å². The summed E-state index contributed by atoms with van der Waals surface area (Å²) in [6.45, 7) is 0.585. The highest BCUT2D eigenvalue weighted by molar-refractivity contribution is 7.07. The number of halogens is 1.